The van der Waals surface area contributed by atoms with Gasteiger partial charge in [-0.3, -0.25) is 0 Å². The topological polar surface area (TPSA) is 32.8 Å². The van der Waals surface area contributed by atoms with E-state index in [9.17, 15) is 0 Å². The van der Waals surface area contributed by atoms with E-state index in [2.05, 4.69) is 228 Å². The van der Waals surface area contributed by atoms with Gasteiger partial charge < -0.3 is 0 Å². The summed E-state index contributed by atoms with van der Waals surface area (Å²) in [6.07, 6.45) is 0. The summed E-state index contributed by atoms with van der Waals surface area (Å²) in [5.41, 5.74) is 10.1. The van der Waals surface area contributed by atoms with Crippen LogP contribution in [0.2, 0.25) is 0 Å². The molecule has 4 nitrogen and oxygen atoms in total. The van der Waals surface area contributed by atoms with Crippen LogP contribution in [-0.2, 0) is 0 Å². The summed E-state index contributed by atoms with van der Waals surface area (Å²) in [6, 6.07) is 79.9. The Morgan fingerprint density at radius 1 is 0.235 bits per heavy atom. The van der Waals surface area contributed by atoms with Gasteiger partial charge in [-0.25, -0.2) is 0 Å². The predicted octanol–water partition coefficient (Wildman–Crippen LogP) is 17.5. The summed E-state index contributed by atoms with van der Waals surface area (Å²) >= 11 is 0.547. The van der Waals surface area contributed by atoms with Gasteiger partial charge in [0.2, 0.25) is 0 Å². The molecule has 0 N–H and O–H groups in total. The predicted molar refractivity (Wildman–Crippen MR) is 289 cm³/mol. The first-order valence-corrected chi connectivity index (χ1v) is 26.3. The number of fused-ring (bicyclic) bond motifs is 14. The third-order valence-electron chi connectivity index (χ3n) is 13.7. The molecule has 0 spiro atoms. The van der Waals surface area contributed by atoms with Crippen LogP contribution in [-0.4, -0.2) is 29.0 Å². The van der Waals surface area contributed by atoms with Crippen LogP contribution in [0.25, 0.3) is 104 Å². The van der Waals surface area contributed by atoms with Crippen molar-refractivity contribution in [2.45, 2.75) is 0 Å². The first-order chi connectivity index (χ1) is 33.6. The van der Waals surface area contributed by atoms with E-state index in [0.717, 1.165) is 88.8 Å². The minimum absolute atomic E-state index is 0.273. The maximum absolute atomic E-state index is 6.69. The zero-order valence-electron chi connectivity index (χ0n) is 36.3. The number of rotatable bonds is 6. The second-order valence-corrected chi connectivity index (χ2v) is 22.3. The van der Waals surface area contributed by atoms with Crippen LogP contribution in [0.3, 0.4) is 0 Å². The summed E-state index contributed by atoms with van der Waals surface area (Å²) in [7, 11) is 0. The van der Waals surface area contributed by atoms with Gasteiger partial charge in [-0.05, 0) is 0 Å². The van der Waals surface area contributed by atoms with Gasteiger partial charge in [-0.15, -0.1) is 0 Å². The van der Waals surface area contributed by atoms with Gasteiger partial charge >= 0.3 is 404 Å². The van der Waals surface area contributed by atoms with E-state index < -0.39 is 0 Å². The molecule has 0 bridgehead atoms. The van der Waals surface area contributed by atoms with Crippen molar-refractivity contribution in [2.24, 2.45) is 0 Å². The molecule has 0 saturated carbocycles. The molecular weight excluding hydrogens is 963 g/mol. The first kappa shape index (κ1) is 38.3. The van der Waals surface area contributed by atoms with E-state index in [4.69, 9.17) is 8.83 Å². The molecule has 0 saturated heterocycles. The van der Waals surface area contributed by atoms with Gasteiger partial charge in [0.25, 0.3) is 0 Å². The second-order valence-electron chi connectivity index (χ2n) is 17.7. The fourth-order valence-corrected chi connectivity index (χ4v) is 15.3. The van der Waals surface area contributed by atoms with Gasteiger partial charge in [0, 0.05) is 0 Å². The van der Waals surface area contributed by atoms with Crippen molar-refractivity contribution in [2.75, 3.05) is 9.80 Å². The number of anilines is 6. The monoisotopic (exact) mass is 1000 g/mol. The first-order valence-electron chi connectivity index (χ1n) is 22.9. The Bertz CT molecular complexity index is 4240. The summed E-state index contributed by atoms with van der Waals surface area (Å²) in [4.78, 5) is 4.75. The van der Waals surface area contributed by atoms with Crippen molar-refractivity contribution in [3.05, 3.63) is 218 Å². The molecule has 318 valence electrons. The molecule has 0 aliphatic rings. The molecule has 68 heavy (non-hydrogen) atoms. The average Bonchev–Trinajstić information content (AvgIpc) is 4.14. The number of hydrogen-bond acceptors (Lipinski definition) is 4. The normalized spacial score (nSPS) is 12.1. The van der Waals surface area contributed by atoms with Crippen molar-refractivity contribution in [1.82, 2.24) is 0 Å². The van der Waals surface area contributed by atoms with Gasteiger partial charge in [-0.2, -0.15) is 0 Å². The molecule has 11 aromatic carbocycles. The molecule has 15 rings (SSSR count). The summed E-state index contributed by atoms with van der Waals surface area (Å²) in [5, 5.41) is 14.4. The van der Waals surface area contributed by atoms with Crippen LogP contribution in [0.5, 0.6) is 0 Å². The zero-order chi connectivity index (χ0) is 44.5. The summed E-state index contributed by atoms with van der Waals surface area (Å²) in [6.45, 7) is 0. The molecular formula is C62H36N2O2Se2. The minimum atomic E-state index is 0.273. The van der Waals surface area contributed by atoms with Crippen LogP contribution < -0.4 is 9.80 Å². The molecule has 0 unspecified atom stereocenters. The Kier molecular flexibility index (Phi) is 8.36. The standard InChI is InChI=1S/C62H36N2O2Se2/c1-3-11-41(12-4-1)63(45-23-25-49-47-15-7-9-17-59(47)67-61(49)33-45)43-21-19-37-29-51-53-35-54-52-30-38-20-22-44(28-40(38)32-56(52)66-58(54)36-57(53)65-55(51)31-39(37)27-43)64(42-13-5-2-6-14-42)46-24-26-50-48-16-8-10-18-60(48)68-62(50)34-46/h1-36H. The number of nitrogens with zero attached hydrogens (tertiary/aromatic N) is 2. The van der Waals surface area contributed by atoms with Crippen LogP contribution >= 0.6 is 0 Å². The fraction of sp³-hybridized carbons (Fsp3) is 0. The van der Waals surface area contributed by atoms with E-state index in [1.54, 1.807) is 0 Å². The quantitative estimate of drug-likeness (QED) is 0.155. The van der Waals surface area contributed by atoms with Crippen molar-refractivity contribution in [1.29, 1.82) is 0 Å². The molecule has 4 aromatic heterocycles. The van der Waals surface area contributed by atoms with Crippen molar-refractivity contribution in [3.8, 4) is 0 Å². The van der Waals surface area contributed by atoms with Gasteiger partial charge in [0.1, 0.15) is 0 Å². The SMILES string of the molecule is c1ccc(N(c2ccc3cc4c(cc3c2)oc2cc3oc5cc6cc(N(c7ccccc7)c7ccc8c(c7)[se]c7ccccc78)ccc6cc5c3cc24)c2ccc3c(c2)[se]c2ccccc23)cc1. The summed E-state index contributed by atoms with van der Waals surface area (Å²) in [5.74, 6) is 0. The Morgan fingerprint density at radius 2 is 0.618 bits per heavy atom. The van der Waals surface area contributed by atoms with E-state index >= 15 is 0 Å². The number of benzene rings is 11. The van der Waals surface area contributed by atoms with Crippen LogP contribution in [0.4, 0.5) is 34.1 Å². The summed E-state index contributed by atoms with van der Waals surface area (Å²) < 4.78 is 19.1. The van der Waals surface area contributed by atoms with E-state index in [-0.39, 0.29) is 29.0 Å². The molecule has 0 radical (unpaired) electrons. The fourth-order valence-electron chi connectivity index (χ4n) is 10.5. The van der Waals surface area contributed by atoms with Crippen molar-refractivity contribution in [3.63, 3.8) is 0 Å². The van der Waals surface area contributed by atoms with E-state index in [1.807, 2.05) is 0 Å². The molecule has 0 atom stereocenters. The van der Waals surface area contributed by atoms with Gasteiger partial charge in [0.15, 0.2) is 0 Å². The zero-order valence-corrected chi connectivity index (χ0v) is 39.7. The molecule has 0 aliphatic heterocycles. The van der Waals surface area contributed by atoms with Gasteiger partial charge in [-0.1, -0.05) is 0 Å². The third-order valence-corrected chi connectivity index (χ3v) is 18.5. The Hall–Kier alpha value is -7.82. The molecule has 0 aliphatic carbocycles. The molecule has 0 amide bonds. The van der Waals surface area contributed by atoms with Crippen molar-refractivity contribution < 1.29 is 8.83 Å². The number of hydrogen-bond donors (Lipinski definition) is 0. The van der Waals surface area contributed by atoms with Crippen molar-refractivity contribution >= 4 is 167 Å². The van der Waals surface area contributed by atoms with E-state index in [1.165, 1.54) is 49.4 Å². The molecule has 0 fully saturated rings. The third kappa shape index (κ3) is 5.99. The second kappa shape index (κ2) is 14.8. The maximum atomic E-state index is 6.69. The molecule has 6 heteroatoms. The Labute approximate surface area is 401 Å². The van der Waals surface area contributed by atoms with Gasteiger partial charge in [0.05, 0.1) is 0 Å². The number of furan rings is 2. The molecule has 4 heterocycles. The Balaban J connectivity index is 0.815. The number of para-hydroxylation sites is 2. The molecule has 15 aromatic rings. The average molecular weight is 999 g/mol. The Morgan fingerprint density at radius 3 is 1.10 bits per heavy atom. The van der Waals surface area contributed by atoms with Crippen LogP contribution in [0.15, 0.2) is 227 Å². The van der Waals surface area contributed by atoms with Crippen LogP contribution in [0.1, 0.15) is 0 Å². The van der Waals surface area contributed by atoms with E-state index in [0.29, 0.717) is 0 Å². The van der Waals surface area contributed by atoms with Crippen LogP contribution in [0, 0.1) is 0 Å².